The van der Waals surface area contributed by atoms with Crippen LogP contribution in [-0.2, 0) is 4.43 Å². The Labute approximate surface area is 241 Å². The summed E-state index contributed by atoms with van der Waals surface area (Å²) in [7, 11) is -3.91. The van der Waals surface area contributed by atoms with Gasteiger partial charge in [0.2, 0.25) is 0 Å². The zero-order chi connectivity index (χ0) is 27.3. The summed E-state index contributed by atoms with van der Waals surface area (Å²) in [5, 5.41) is 4.49. The van der Waals surface area contributed by atoms with Gasteiger partial charge in [-0.25, -0.2) is 0 Å². The van der Waals surface area contributed by atoms with Crippen LogP contribution in [0, 0.1) is 11.8 Å². The summed E-state index contributed by atoms with van der Waals surface area (Å²) in [6.07, 6.45) is 3.63. The lowest BCUT2D eigenvalue weighted by Gasteiger charge is -2.43. The molecule has 0 fully saturated rings. The van der Waals surface area contributed by atoms with Crippen molar-refractivity contribution in [2.45, 2.75) is 65.8 Å². The first kappa shape index (κ1) is 30.3. The Morgan fingerprint density at radius 3 is 1.51 bits per heavy atom. The highest BCUT2D eigenvalue weighted by molar-refractivity contribution is 14.1. The number of hydrogen-bond donors (Lipinski definition) is 0. The Morgan fingerprint density at radius 2 is 1.19 bits per heavy atom. The quantitative estimate of drug-likeness (QED) is 0.122. The molecule has 0 heterocycles. The van der Waals surface area contributed by atoms with Crippen molar-refractivity contribution in [1.29, 1.82) is 0 Å². The number of benzene rings is 3. The van der Waals surface area contributed by atoms with Crippen LogP contribution in [0.5, 0.6) is 0 Å². The molecule has 0 bridgehead atoms. The zero-order valence-corrected chi connectivity index (χ0v) is 28.0. The van der Waals surface area contributed by atoms with E-state index in [4.69, 9.17) is 4.43 Å². The number of hydrogen-bond acceptors (Lipinski definition) is 1. The lowest BCUT2D eigenvalue weighted by atomic mass is 9.94. The lowest BCUT2D eigenvalue weighted by molar-refractivity contribution is 0.102. The van der Waals surface area contributed by atoms with Crippen LogP contribution in [0.15, 0.2) is 101 Å². The fourth-order valence-electron chi connectivity index (χ4n) is 5.06. The second-order valence-electron chi connectivity index (χ2n) is 11.9. The molecule has 0 saturated carbocycles. The predicted octanol–water partition coefficient (Wildman–Crippen LogP) is 8.98. The Balaban J connectivity index is 2.20. The van der Waals surface area contributed by atoms with Gasteiger partial charge in [-0.05, 0) is 87.6 Å². The third-order valence-corrected chi connectivity index (χ3v) is 17.5. The van der Waals surface area contributed by atoms with Crippen LogP contribution in [0.1, 0.15) is 41.5 Å². The zero-order valence-electron chi connectivity index (χ0n) is 23.9. The van der Waals surface area contributed by atoms with Crippen LogP contribution in [0.2, 0.25) is 18.1 Å². The molecule has 3 aromatic rings. The maximum atomic E-state index is 7.29. The molecule has 0 aromatic heterocycles. The smallest absolute Gasteiger partial charge is 0.192 e. The van der Waals surface area contributed by atoms with Crippen LogP contribution in [0.4, 0.5) is 0 Å². The highest BCUT2D eigenvalue weighted by Crippen LogP contribution is 2.57. The topological polar surface area (TPSA) is 9.23 Å². The molecule has 0 radical (unpaired) electrons. The van der Waals surface area contributed by atoms with E-state index < -0.39 is 15.6 Å². The van der Waals surface area contributed by atoms with Gasteiger partial charge >= 0.3 is 0 Å². The van der Waals surface area contributed by atoms with Gasteiger partial charge in [0.15, 0.2) is 8.32 Å². The van der Waals surface area contributed by atoms with Crippen molar-refractivity contribution < 1.29 is 4.43 Å². The third kappa shape index (κ3) is 7.23. The summed E-state index contributed by atoms with van der Waals surface area (Å²) in [4.78, 5) is 0. The standard InChI is InChI=1S/C33H45IOPSi/c1-26(24-28(3)34)32(35-37(7,8)33(4,5)6)27(2)25-36(29-18-12-9-13-19-29,30-20-14-10-15-21-30)31-22-16-11-17-23-31/h9-24,26-27,32H,25H2,1-8H3/q+1/b28-24-/t26-,27-,32?/m0/s1. The van der Waals surface area contributed by atoms with Crippen molar-refractivity contribution in [3.63, 3.8) is 0 Å². The minimum atomic E-state index is -1.98. The molecular formula is C33H45IOPSi+. The van der Waals surface area contributed by atoms with Crippen LogP contribution in [0.25, 0.3) is 0 Å². The number of halogens is 1. The van der Waals surface area contributed by atoms with E-state index in [1.165, 1.54) is 19.5 Å². The average molecular weight is 644 g/mol. The van der Waals surface area contributed by atoms with E-state index in [2.05, 4.69) is 174 Å². The van der Waals surface area contributed by atoms with E-state index in [9.17, 15) is 0 Å². The molecule has 0 aliphatic rings. The monoisotopic (exact) mass is 643 g/mol. The van der Waals surface area contributed by atoms with Gasteiger partial charge in [0.25, 0.3) is 0 Å². The van der Waals surface area contributed by atoms with Gasteiger partial charge in [0, 0.05) is 11.8 Å². The molecule has 3 atom stereocenters. The molecule has 0 amide bonds. The summed E-state index contributed by atoms with van der Waals surface area (Å²) >= 11 is 2.45. The predicted molar refractivity (Wildman–Crippen MR) is 178 cm³/mol. The van der Waals surface area contributed by atoms with E-state index in [0.29, 0.717) is 11.8 Å². The Bertz CT molecular complexity index is 1040. The molecule has 4 heteroatoms. The maximum absolute atomic E-state index is 7.29. The van der Waals surface area contributed by atoms with E-state index in [0.717, 1.165) is 6.16 Å². The minimum Gasteiger partial charge on any atom is -0.413 e. The second kappa shape index (κ2) is 12.7. The van der Waals surface area contributed by atoms with Gasteiger partial charge in [-0.3, -0.25) is 0 Å². The largest absolute Gasteiger partial charge is 0.413 e. The average Bonchev–Trinajstić information content (AvgIpc) is 2.86. The molecule has 3 rings (SSSR count). The van der Waals surface area contributed by atoms with Gasteiger partial charge in [-0.15, -0.1) is 0 Å². The maximum Gasteiger partial charge on any atom is 0.192 e. The summed E-state index contributed by atoms with van der Waals surface area (Å²) in [5.41, 5.74) is 0. The highest BCUT2D eigenvalue weighted by atomic mass is 127. The Kier molecular flexibility index (Phi) is 10.4. The van der Waals surface area contributed by atoms with Crippen molar-refractivity contribution in [3.05, 3.63) is 101 Å². The van der Waals surface area contributed by atoms with Crippen molar-refractivity contribution in [2.24, 2.45) is 11.8 Å². The SMILES string of the molecule is C/C(I)=C/[C@H](C)C(O[Si](C)(C)C(C)(C)C)[C@@H](C)C[P+](c1ccccc1)(c1ccccc1)c1ccccc1. The summed E-state index contributed by atoms with van der Waals surface area (Å²) < 4.78 is 8.62. The van der Waals surface area contributed by atoms with E-state index in [-0.39, 0.29) is 11.1 Å². The molecule has 37 heavy (non-hydrogen) atoms. The Morgan fingerprint density at radius 1 is 0.811 bits per heavy atom. The van der Waals surface area contributed by atoms with Gasteiger partial charge in [-0.1, -0.05) is 95.3 Å². The first-order chi connectivity index (χ1) is 17.4. The van der Waals surface area contributed by atoms with Gasteiger partial charge < -0.3 is 4.43 Å². The van der Waals surface area contributed by atoms with E-state index in [1.807, 2.05) is 0 Å². The summed E-state index contributed by atoms with van der Waals surface area (Å²) in [6, 6.07) is 33.7. The van der Waals surface area contributed by atoms with Crippen molar-refractivity contribution in [2.75, 3.05) is 6.16 Å². The van der Waals surface area contributed by atoms with E-state index in [1.54, 1.807) is 0 Å². The van der Waals surface area contributed by atoms with E-state index >= 15 is 0 Å². The normalized spacial score (nSPS) is 15.8. The fourth-order valence-corrected chi connectivity index (χ4v) is 11.8. The van der Waals surface area contributed by atoms with Crippen molar-refractivity contribution in [1.82, 2.24) is 0 Å². The second-order valence-corrected chi connectivity index (χ2v) is 21.9. The molecule has 198 valence electrons. The molecule has 1 unspecified atom stereocenters. The van der Waals surface area contributed by atoms with Gasteiger partial charge in [0.05, 0.1) is 12.3 Å². The van der Waals surface area contributed by atoms with Gasteiger partial charge in [0.1, 0.15) is 23.2 Å². The number of allylic oxidation sites excluding steroid dienone is 1. The van der Waals surface area contributed by atoms with Crippen molar-refractivity contribution >= 4 is 54.1 Å². The van der Waals surface area contributed by atoms with Crippen LogP contribution in [-0.4, -0.2) is 20.6 Å². The van der Waals surface area contributed by atoms with Crippen LogP contribution < -0.4 is 15.9 Å². The number of rotatable bonds is 10. The van der Waals surface area contributed by atoms with Crippen molar-refractivity contribution in [3.8, 4) is 0 Å². The lowest BCUT2D eigenvalue weighted by Crippen LogP contribution is -2.48. The summed E-state index contributed by atoms with van der Waals surface area (Å²) in [6.45, 7) is 18.8. The molecule has 0 N–H and O–H groups in total. The fraction of sp³-hybridized carbons (Fsp3) is 0.394. The summed E-state index contributed by atoms with van der Waals surface area (Å²) in [5.74, 6) is 0.704. The Hall–Kier alpha value is -1.26. The first-order valence-corrected chi connectivity index (χ1v) is 19.4. The highest BCUT2D eigenvalue weighted by Gasteiger charge is 2.49. The molecule has 1 nitrogen and oxygen atoms in total. The molecule has 0 saturated heterocycles. The molecule has 0 aliphatic carbocycles. The molecular weight excluding hydrogens is 598 g/mol. The molecule has 0 spiro atoms. The first-order valence-electron chi connectivity index (χ1n) is 13.4. The van der Waals surface area contributed by atoms with Gasteiger partial charge in [-0.2, -0.15) is 0 Å². The molecule has 3 aromatic carbocycles. The van der Waals surface area contributed by atoms with Crippen LogP contribution >= 0.6 is 29.9 Å². The molecule has 0 aliphatic heterocycles. The van der Waals surface area contributed by atoms with Crippen LogP contribution in [0.3, 0.4) is 0 Å². The third-order valence-electron chi connectivity index (χ3n) is 7.96. The minimum absolute atomic E-state index is 0.154.